The minimum atomic E-state index is -0.678. The highest BCUT2D eigenvalue weighted by Gasteiger charge is 2.37. The molecular formula is C11H13NO2S. The van der Waals surface area contributed by atoms with Crippen molar-refractivity contribution in [3.05, 3.63) is 24.3 Å². The lowest BCUT2D eigenvalue weighted by Crippen LogP contribution is -2.35. The van der Waals surface area contributed by atoms with E-state index in [-0.39, 0.29) is 11.2 Å². The Kier molecular flexibility index (Phi) is 2.86. The second kappa shape index (κ2) is 4.14. The molecular weight excluding hydrogens is 210 g/mol. The summed E-state index contributed by atoms with van der Waals surface area (Å²) in [4.78, 5) is 11.9. The molecule has 1 saturated carbocycles. The first-order chi connectivity index (χ1) is 7.16. The number of hydrogen-bond acceptors (Lipinski definition) is 3. The number of nitrogens with two attached hydrogens (primary N) is 1. The molecule has 1 aromatic carbocycles. The number of carboxylic acid groups (broad SMARTS) is 1. The minimum absolute atomic E-state index is 0.184. The van der Waals surface area contributed by atoms with E-state index in [2.05, 4.69) is 0 Å². The smallest absolute Gasteiger partial charge is 0.307 e. The van der Waals surface area contributed by atoms with Gasteiger partial charge in [-0.3, -0.25) is 4.79 Å². The Balaban J connectivity index is 2.00. The van der Waals surface area contributed by atoms with Crippen LogP contribution in [0.5, 0.6) is 0 Å². The van der Waals surface area contributed by atoms with Gasteiger partial charge in [0.2, 0.25) is 0 Å². The summed E-state index contributed by atoms with van der Waals surface area (Å²) < 4.78 is 0. The molecule has 2 rings (SSSR count). The van der Waals surface area contributed by atoms with Crippen molar-refractivity contribution in [1.29, 1.82) is 0 Å². The molecule has 2 unspecified atom stereocenters. The molecule has 15 heavy (non-hydrogen) atoms. The molecule has 0 bridgehead atoms. The molecule has 1 aromatic rings. The first-order valence-electron chi connectivity index (χ1n) is 4.92. The standard InChI is InChI=1S/C11H13NO2S/c12-7-2-1-3-8(6-7)15-10-5-4-9(10)11(13)14/h1-3,6,9-10H,4-5,12H2,(H,13,14). The average molecular weight is 223 g/mol. The molecule has 0 spiro atoms. The SMILES string of the molecule is Nc1cccc(SC2CCC2C(=O)O)c1. The van der Waals surface area contributed by atoms with E-state index in [9.17, 15) is 4.79 Å². The van der Waals surface area contributed by atoms with Crippen LogP contribution in [0.3, 0.4) is 0 Å². The quantitative estimate of drug-likeness (QED) is 0.771. The van der Waals surface area contributed by atoms with E-state index in [4.69, 9.17) is 10.8 Å². The zero-order valence-electron chi connectivity index (χ0n) is 8.22. The van der Waals surface area contributed by atoms with Crippen LogP contribution in [0.2, 0.25) is 0 Å². The Morgan fingerprint density at radius 1 is 1.47 bits per heavy atom. The van der Waals surface area contributed by atoms with E-state index in [1.807, 2.05) is 24.3 Å². The molecule has 0 aromatic heterocycles. The molecule has 1 fully saturated rings. The lowest BCUT2D eigenvalue weighted by molar-refractivity contribution is -0.144. The van der Waals surface area contributed by atoms with Crippen LogP contribution < -0.4 is 5.73 Å². The van der Waals surface area contributed by atoms with Crippen LogP contribution >= 0.6 is 11.8 Å². The molecule has 0 amide bonds. The second-order valence-corrected chi connectivity index (χ2v) is 5.06. The fourth-order valence-electron chi connectivity index (χ4n) is 1.66. The highest BCUT2D eigenvalue weighted by Crippen LogP contribution is 2.41. The molecule has 1 aliphatic rings. The first kappa shape index (κ1) is 10.4. The number of nitrogen functional groups attached to an aromatic ring is 1. The Morgan fingerprint density at radius 3 is 2.80 bits per heavy atom. The molecule has 4 heteroatoms. The maximum atomic E-state index is 10.8. The zero-order chi connectivity index (χ0) is 10.8. The van der Waals surface area contributed by atoms with E-state index in [0.29, 0.717) is 0 Å². The van der Waals surface area contributed by atoms with Gasteiger partial charge in [-0.05, 0) is 31.0 Å². The molecule has 3 N–H and O–H groups in total. The van der Waals surface area contributed by atoms with Crippen molar-refractivity contribution in [3.63, 3.8) is 0 Å². The van der Waals surface area contributed by atoms with Gasteiger partial charge >= 0.3 is 5.97 Å². The Labute approximate surface area is 92.7 Å². The summed E-state index contributed by atoms with van der Waals surface area (Å²) in [5, 5.41) is 9.11. The number of thioether (sulfide) groups is 1. The zero-order valence-corrected chi connectivity index (χ0v) is 9.04. The fraction of sp³-hybridized carbons (Fsp3) is 0.364. The molecule has 80 valence electrons. The third-order valence-corrected chi connectivity index (χ3v) is 4.07. The Morgan fingerprint density at radius 2 is 2.27 bits per heavy atom. The molecule has 1 aliphatic carbocycles. The van der Waals surface area contributed by atoms with Crippen molar-refractivity contribution < 1.29 is 9.90 Å². The summed E-state index contributed by atoms with van der Waals surface area (Å²) in [7, 11) is 0. The highest BCUT2D eigenvalue weighted by molar-refractivity contribution is 8.00. The van der Waals surface area contributed by atoms with E-state index in [1.165, 1.54) is 0 Å². The molecule has 0 heterocycles. The van der Waals surface area contributed by atoms with Crippen molar-refractivity contribution in [2.45, 2.75) is 23.0 Å². The maximum Gasteiger partial charge on any atom is 0.307 e. The van der Waals surface area contributed by atoms with Crippen LogP contribution in [0.4, 0.5) is 5.69 Å². The van der Waals surface area contributed by atoms with E-state index in [1.54, 1.807) is 11.8 Å². The summed E-state index contributed by atoms with van der Waals surface area (Å²) >= 11 is 1.62. The summed E-state index contributed by atoms with van der Waals surface area (Å²) in [6.07, 6.45) is 1.78. The lowest BCUT2D eigenvalue weighted by atomic mass is 9.85. The van der Waals surface area contributed by atoms with Crippen molar-refractivity contribution in [2.75, 3.05) is 5.73 Å². The topological polar surface area (TPSA) is 63.3 Å². The molecule has 0 saturated heterocycles. The van der Waals surface area contributed by atoms with Crippen molar-refractivity contribution in [2.24, 2.45) is 5.92 Å². The predicted molar refractivity (Wildman–Crippen MR) is 60.9 cm³/mol. The molecule has 0 radical (unpaired) electrons. The Hall–Kier alpha value is -1.16. The number of anilines is 1. The predicted octanol–water partition coefficient (Wildman–Crippen LogP) is 2.22. The van der Waals surface area contributed by atoms with Gasteiger partial charge in [0.25, 0.3) is 0 Å². The molecule has 3 nitrogen and oxygen atoms in total. The summed E-state index contributed by atoms with van der Waals surface area (Å²) in [5.74, 6) is -0.862. The van der Waals surface area contributed by atoms with Gasteiger partial charge in [0.15, 0.2) is 0 Å². The third-order valence-electron chi connectivity index (χ3n) is 2.67. The summed E-state index contributed by atoms with van der Waals surface area (Å²) in [6, 6.07) is 7.59. The van der Waals surface area contributed by atoms with Crippen molar-refractivity contribution in [1.82, 2.24) is 0 Å². The number of carboxylic acids is 1. The van der Waals surface area contributed by atoms with Crippen LogP contribution in [-0.4, -0.2) is 16.3 Å². The normalized spacial score (nSPS) is 24.5. The maximum absolute atomic E-state index is 10.8. The van der Waals surface area contributed by atoms with Crippen LogP contribution in [0.25, 0.3) is 0 Å². The minimum Gasteiger partial charge on any atom is -0.481 e. The van der Waals surface area contributed by atoms with Gasteiger partial charge < -0.3 is 10.8 Å². The lowest BCUT2D eigenvalue weighted by Gasteiger charge is -2.32. The van der Waals surface area contributed by atoms with Gasteiger partial charge in [0.1, 0.15) is 0 Å². The van der Waals surface area contributed by atoms with Crippen LogP contribution in [0.15, 0.2) is 29.2 Å². The number of rotatable bonds is 3. The van der Waals surface area contributed by atoms with Crippen molar-refractivity contribution in [3.8, 4) is 0 Å². The third kappa shape index (κ3) is 2.26. The van der Waals surface area contributed by atoms with Crippen LogP contribution in [0, 0.1) is 5.92 Å². The second-order valence-electron chi connectivity index (χ2n) is 3.75. The molecule has 0 aliphatic heterocycles. The van der Waals surface area contributed by atoms with Gasteiger partial charge in [0, 0.05) is 15.8 Å². The summed E-state index contributed by atoms with van der Waals surface area (Å²) in [6.45, 7) is 0. The Bertz CT molecular complexity index is 381. The van der Waals surface area contributed by atoms with E-state index < -0.39 is 5.97 Å². The van der Waals surface area contributed by atoms with Gasteiger partial charge in [0.05, 0.1) is 5.92 Å². The number of carbonyl (C=O) groups is 1. The van der Waals surface area contributed by atoms with Crippen LogP contribution in [-0.2, 0) is 4.79 Å². The number of benzene rings is 1. The highest BCUT2D eigenvalue weighted by atomic mass is 32.2. The van der Waals surface area contributed by atoms with Gasteiger partial charge in [-0.2, -0.15) is 0 Å². The van der Waals surface area contributed by atoms with Gasteiger partial charge in [-0.1, -0.05) is 6.07 Å². The average Bonchev–Trinajstić information content (AvgIpc) is 2.11. The monoisotopic (exact) mass is 223 g/mol. The molecule has 2 atom stereocenters. The first-order valence-corrected chi connectivity index (χ1v) is 5.80. The number of hydrogen-bond donors (Lipinski definition) is 2. The van der Waals surface area contributed by atoms with Gasteiger partial charge in [-0.15, -0.1) is 11.8 Å². The number of aliphatic carboxylic acids is 1. The van der Waals surface area contributed by atoms with E-state index >= 15 is 0 Å². The fourth-order valence-corrected chi connectivity index (χ4v) is 3.04. The van der Waals surface area contributed by atoms with Crippen molar-refractivity contribution >= 4 is 23.4 Å². The van der Waals surface area contributed by atoms with E-state index in [0.717, 1.165) is 23.4 Å². The summed E-state index contributed by atoms with van der Waals surface area (Å²) in [5.41, 5.74) is 6.39. The van der Waals surface area contributed by atoms with Gasteiger partial charge in [-0.25, -0.2) is 0 Å². The largest absolute Gasteiger partial charge is 0.481 e. The van der Waals surface area contributed by atoms with Crippen LogP contribution in [0.1, 0.15) is 12.8 Å².